The van der Waals surface area contributed by atoms with E-state index in [2.05, 4.69) is 27.7 Å². The zero-order valence-corrected chi connectivity index (χ0v) is 7.08. The molecular formula is C5H5N4S2. The van der Waals surface area contributed by atoms with Crippen LogP contribution in [0.4, 0.5) is 5.13 Å². The molecule has 0 fully saturated rings. The van der Waals surface area contributed by atoms with Gasteiger partial charge in [0.2, 0.25) is 0 Å². The molecule has 1 heterocycles. The SMILES string of the molecule is NN=C([C]=S)c1csc(N)n1. The molecule has 0 aromatic carbocycles. The van der Waals surface area contributed by atoms with Crippen molar-refractivity contribution in [2.75, 3.05) is 5.73 Å². The highest BCUT2D eigenvalue weighted by atomic mass is 32.1. The molecule has 0 bridgehead atoms. The van der Waals surface area contributed by atoms with Crippen molar-refractivity contribution in [3.05, 3.63) is 11.1 Å². The standard InChI is InChI=1S/C5H5N4S2/c6-5-8-4(2-11-5)3(1-10)9-7/h2H,7H2,(H2,6,8). The lowest BCUT2D eigenvalue weighted by Gasteiger charge is -1.88. The van der Waals surface area contributed by atoms with Crippen LogP contribution in [0.5, 0.6) is 0 Å². The molecule has 0 unspecified atom stereocenters. The van der Waals surface area contributed by atoms with Crippen LogP contribution in [-0.4, -0.2) is 16.1 Å². The number of thiazole rings is 1. The van der Waals surface area contributed by atoms with Crippen molar-refractivity contribution in [1.82, 2.24) is 4.98 Å². The van der Waals surface area contributed by atoms with Gasteiger partial charge in [-0.25, -0.2) is 4.98 Å². The van der Waals surface area contributed by atoms with Crippen molar-refractivity contribution >= 4 is 39.8 Å². The smallest absolute Gasteiger partial charge is 0.180 e. The summed E-state index contributed by atoms with van der Waals surface area (Å²) in [6.07, 6.45) is 0. The second-order valence-electron chi connectivity index (χ2n) is 1.65. The summed E-state index contributed by atoms with van der Waals surface area (Å²) in [6, 6.07) is 0. The Morgan fingerprint density at radius 3 is 2.91 bits per heavy atom. The molecule has 0 spiro atoms. The molecule has 0 atom stereocenters. The molecule has 57 valence electrons. The summed E-state index contributed by atoms with van der Waals surface area (Å²) in [5.74, 6) is 5.01. The van der Waals surface area contributed by atoms with Gasteiger partial charge in [-0.05, 0) is 0 Å². The Balaban J connectivity index is 3.00. The fraction of sp³-hybridized carbons (Fsp3) is 0. The maximum Gasteiger partial charge on any atom is 0.180 e. The molecule has 6 heteroatoms. The third kappa shape index (κ3) is 1.72. The van der Waals surface area contributed by atoms with Crippen molar-refractivity contribution in [3.8, 4) is 0 Å². The van der Waals surface area contributed by atoms with Gasteiger partial charge in [0.05, 0.1) is 5.37 Å². The molecule has 0 amide bonds. The van der Waals surface area contributed by atoms with Crippen LogP contribution in [0.1, 0.15) is 5.69 Å². The lowest BCUT2D eigenvalue weighted by Crippen LogP contribution is -2.04. The van der Waals surface area contributed by atoms with Gasteiger partial charge in [0.25, 0.3) is 0 Å². The Morgan fingerprint density at radius 1 is 1.82 bits per heavy atom. The maximum absolute atomic E-state index is 5.38. The van der Waals surface area contributed by atoms with Gasteiger partial charge in [-0.3, -0.25) is 0 Å². The topological polar surface area (TPSA) is 77.3 Å². The van der Waals surface area contributed by atoms with Crippen LogP contribution in [0.25, 0.3) is 0 Å². The van der Waals surface area contributed by atoms with E-state index in [1.165, 1.54) is 11.3 Å². The molecule has 0 saturated carbocycles. The largest absolute Gasteiger partial charge is 0.375 e. The second kappa shape index (κ2) is 3.40. The molecule has 1 radical (unpaired) electrons. The summed E-state index contributed by atoms with van der Waals surface area (Å²) < 4.78 is 0. The number of nitrogens with zero attached hydrogens (tertiary/aromatic N) is 2. The van der Waals surface area contributed by atoms with Gasteiger partial charge in [-0.2, -0.15) is 5.10 Å². The van der Waals surface area contributed by atoms with Gasteiger partial charge in [0.1, 0.15) is 11.4 Å². The number of anilines is 1. The van der Waals surface area contributed by atoms with E-state index in [0.29, 0.717) is 16.5 Å². The zero-order valence-electron chi connectivity index (χ0n) is 5.44. The minimum absolute atomic E-state index is 0.355. The number of hydrogen-bond acceptors (Lipinski definition) is 6. The lowest BCUT2D eigenvalue weighted by molar-refractivity contribution is 1.24. The molecule has 11 heavy (non-hydrogen) atoms. The number of hydrazone groups is 1. The van der Waals surface area contributed by atoms with E-state index in [1.807, 2.05) is 0 Å². The van der Waals surface area contributed by atoms with E-state index in [0.717, 1.165) is 0 Å². The molecule has 4 nitrogen and oxygen atoms in total. The van der Waals surface area contributed by atoms with Crippen LogP contribution < -0.4 is 11.6 Å². The summed E-state index contributed by atoms with van der Waals surface area (Å²) >= 11 is 5.83. The number of thiocarbonyl (C=S) groups is 1. The average Bonchev–Trinajstić information content (AvgIpc) is 2.39. The lowest BCUT2D eigenvalue weighted by atomic mass is 10.3. The van der Waals surface area contributed by atoms with Crippen LogP contribution in [0.2, 0.25) is 0 Å². The van der Waals surface area contributed by atoms with Crippen LogP contribution in [0, 0.1) is 0 Å². The van der Waals surface area contributed by atoms with E-state index in [9.17, 15) is 0 Å². The van der Waals surface area contributed by atoms with Crippen molar-refractivity contribution in [3.63, 3.8) is 0 Å². The molecular weight excluding hydrogens is 180 g/mol. The molecule has 0 aliphatic rings. The van der Waals surface area contributed by atoms with E-state index in [4.69, 9.17) is 11.6 Å². The predicted octanol–water partition coefficient (Wildman–Crippen LogP) is 0.265. The highest BCUT2D eigenvalue weighted by Gasteiger charge is 2.03. The number of aromatic nitrogens is 1. The molecule has 0 saturated heterocycles. The minimum Gasteiger partial charge on any atom is -0.375 e. The van der Waals surface area contributed by atoms with Gasteiger partial charge in [-0.1, -0.05) is 12.2 Å². The Morgan fingerprint density at radius 2 is 2.55 bits per heavy atom. The molecule has 0 aliphatic carbocycles. The molecule has 0 aliphatic heterocycles. The first-order valence-corrected chi connectivity index (χ1v) is 3.94. The van der Waals surface area contributed by atoms with Crippen LogP contribution in [-0.2, 0) is 0 Å². The molecule has 1 aromatic heterocycles. The minimum atomic E-state index is 0.355. The molecule has 1 aromatic rings. The number of rotatable bonds is 2. The van der Waals surface area contributed by atoms with Crippen LogP contribution in [0.15, 0.2) is 10.5 Å². The van der Waals surface area contributed by atoms with Gasteiger partial charge >= 0.3 is 0 Å². The van der Waals surface area contributed by atoms with E-state index >= 15 is 0 Å². The fourth-order valence-corrected chi connectivity index (χ4v) is 1.25. The van der Waals surface area contributed by atoms with E-state index < -0.39 is 0 Å². The van der Waals surface area contributed by atoms with E-state index in [1.54, 1.807) is 5.38 Å². The van der Waals surface area contributed by atoms with Gasteiger partial charge in [-0.15, -0.1) is 11.3 Å². The summed E-state index contributed by atoms with van der Waals surface area (Å²) in [7, 11) is 0. The average molecular weight is 185 g/mol. The zero-order chi connectivity index (χ0) is 8.27. The Bertz CT molecular complexity index is 290. The first-order valence-electron chi connectivity index (χ1n) is 2.65. The Labute approximate surface area is 72.9 Å². The van der Waals surface area contributed by atoms with E-state index in [-0.39, 0.29) is 0 Å². The van der Waals surface area contributed by atoms with Crippen molar-refractivity contribution in [2.45, 2.75) is 0 Å². The predicted molar refractivity (Wildman–Crippen MR) is 49.8 cm³/mol. The Kier molecular flexibility index (Phi) is 2.50. The quantitative estimate of drug-likeness (QED) is 0.300. The van der Waals surface area contributed by atoms with Crippen molar-refractivity contribution < 1.29 is 0 Å². The third-order valence-electron chi connectivity index (χ3n) is 0.990. The molecule has 4 N–H and O–H groups in total. The third-order valence-corrected chi connectivity index (χ3v) is 1.86. The van der Waals surface area contributed by atoms with Crippen LogP contribution >= 0.6 is 23.6 Å². The summed E-state index contributed by atoms with van der Waals surface area (Å²) in [6.45, 7) is 0. The van der Waals surface area contributed by atoms with Gasteiger partial charge in [0.15, 0.2) is 5.13 Å². The first-order chi connectivity index (χ1) is 5.27. The number of nitrogen functional groups attached to an aromatic ring is 1. The normalized spacial score (nSPS) is 11.5. The number of hydrogen-bond donors (Lipinski definition) is 2. The fourth-order valence-electron chi connectivity index (χ4n) is 0.541. The monoisotopic (exact) mass is 185 g/mol. The highest BCUT2D eigenvalue weighted by molar-refractivity contribution is 7.80. The maximum atomic E-state index is 5.38. The second-order valence-corrected chi connectivity index (χ2v) is 2.74. The van der Waals surface area contributed by atoms with Crippen molar-refractivity contribution in [1.29, 1.82) is 0 Å². The first kappa shape index (κ1) is 8.09. The summed E-state index contributed by atoms with van der Waals surface area (Å²) in [5.41, 5.74) is 6.30. The summed E-state index contributed by atoms with van der Waals surface area (Å²) in [4.78, 5) is 3.91. The summed E-state index contributed by atoms with van der Waals surface area (Å²) in [5, 5.41) is 7.95. The van der Waals surface area contributed by atoms with Crippen molar-refractivity contribution in [2.24, 2.45) is 10.9 Å². The highest BCUT2D eigenvalue weighted by Crippen LogP contribution is 2.10. The van der Waals surface area contributed by atoms with Crippen LogP contribution in [0.3, 0.4) is 0 Å². The van der Waals surface area contributed by atoms with Gasteiger partial charge < -0.3 is 11.6 Å². The van der Waals surface area contributed by atoms with Gasteiger partial charge in [0, 0.05) is 5.38 Å². The Hall–Kier alpha value is -1.01. The molecule has 1 rings (SSSR count). The number of nitrogens with two attached hydrogens (primary N) is 2.